The Morgan fingerprint density at radius 3 is 2.72 bits per heavy atom. The molecule has 180 valence electrons. The van der Waals surface area contributed by atoms with Gasteiger partial charge in [-0.05, 0) is 64.6 Å². The fourth-order valence-corrected chi connectivity index (χ4v) is 4.48. The number of para-hydroxylation sites is 2. The molecule has 0 fully saturated rings. The molecule has 0 aliphatic heterocycles. The van der Waals surface area contributed by atoms with Crippen LogP contribution in [0.5, 0.6) is 11.5 Å². The van der Waals surface area contributed by atoms with Crippen LogP contribution in [0, 0.1) is 3.57 Å². The molecule has 2 aromatic heterocycles. The lowest BCUT2D eigenvalue weighted by molar-refractivity contribution is -0.139. The molecule has 0 saturated carbocycles. The van der Waals surface area contributed by atoms with Crippen molar-refractivity contribution in [2.24, 2.45) is 5.10 Å². The Labute approximate surface area is 217 Å². The van der Waals surface area contributed by atoms with Crippen LogP contribution in [0.25, 0.3) is 33.5 Å². The maximum atomic E-state index is 13.4. The first-order valence-electron chi connectivity index (χ1n) is 10.7. The number of carbonyl (C=O) groups is 1. The molecule has 0 radical (unpaired) electrons. The minimum absolute atomic E-state index is 0.259. The second kappa shape index (κ2) is 9.82. The Morgan fingerprint density at radius 1 is 1.17 bits per heavy atom. The van der Waals surface area contributed by atoms with Crippen LogP contribution in [0.2, 0.25) is 0 Å². The summed E-state index contributed by atoms with van der Waals surface area (Å²) in [6.07, 6.45) is 1.50. The zero-order chi connectivity index (χ0) is 25.2. The molecule has 0 spiro atoms. The van der Waals surface area contributed by atoms with Gasteiger partial charge < -0.3 is 19.0 Å². The van der Waals surface area contributed by atoms with Crippen molar-refractivity contribution in [1.29, 1.82) is 0 Å². The van der Waals surface area contributed by atoms with E-state index in [1.165, 1.54) is 18.0 Å². The summed E-state index contributed by atoms with van der Waals surface area (Å²) in [6, 6.07) is 19.8. The molecule has 0 atom stereocenters. The summed E-state index contributed by atoms with van der Waals surface area (Å²) in [6.45, 7) is -0.501. The average Bonchev–Trinajstić information content (AvgIpc) is 3.31. The summed E-state index contributed by atoms with van der Waals surface area (Å²) in [5.41, 5.74) is 1.45. The van der Waals surface area contributed by atoms with Crippen LogP contribution in [0.4, 0.5) is 0 Å². The number of ether oxygens (including phenoxy) is 2. The summed E-state index contributed by atoms with van der Waals surface area (Å²) < 4.78 is 18.5. The van der Waals surface area contributed by atoms with E-state index < -0.39 is 12.6 Å². The van der Waals surface area contributed by atoms with Crippen molar-refractivity contribution in [2.75, 3.05) is 13.7 Å². The minimum atomic E-state index is -1.10. The molecule has 0 bridgehead atoms. The molecular formula is C26H18IN3O6. The Balaban J connectivity index is 1.63. The van der Waals surface area contributed by atoms with Gasteiger partial charge in [0.05, 0.1) is 27.8 Å². The number of rotatable bonds is 7. The monoisotopic (exact) mass is 595 g/mol. The predicted molar refractivity (Wildman–Crippen MR) is 143 cm³/mol. The quantitative estimate of drug-likeness (QED) is 0.213. The third-order valence-electron chi connectivity index (χ3n) is 5.31. The molecule has 0 aliphatic carbocycles. The van der Waals surface area contributed by atoms with Crippen LogP contribution >= 0.6 is 22.6 Å². The first-order chi connectivity index (χ1) is 17.4. The molecule has 2 heterocycles. The predicted octanol–water partition coefficient (Wildman–Crippen LogP) is 4.77. The van der Waals surface area contributed by atoms with Gasteiger partial charge in [-0.25, -0.2) is 9.78 Å². The largest absolute Gasteiger partial charge is 0.493 e. The number of carboxylic acid groups (broad SMARTS) is 1. The molecular weight excluding hydrogens is 577 g/mol. The maximum Gasteiger partial charge on any atom is 0.341 e. The summed E-state index contributed by atoms with van der Waals surface area (Å²) in [5, 5.41) is 14.7. The third-order valence-corrected chi connectivity index (χ3v) is 6.12. The fraction of sp³-hybridized carbons (Fsp3) is 0.0769. The third kappa shape index (κ3) is 4.54. The molecule has 1 N–H and O–H groups in total. The fourth-order valence-electron chi connectivity index (χ4n) is 3.70. The van der Waals surface area contributed by atoms with Gasteiger partial charge in [0.2, 0.25) is 5.82 Å². The molecule has 3 aromatic carbocycles. The van der Waals surface area contributed by atoms with Gasteiger partial charge in [-0.2, -0.15) is 9.78 Å². The highest BCUT2D eigenvalue weighted by Gasteiger charge is 2.17. The van der Waals surface area contributed by atoms with Crippen LogP contribution in [0.15, 0.2) is 81.0 Å². The summed E-state index contributed by atoms with van der Waals surface area (Å²) in [7, 11) is 1.46. The minimum Gasteiger partial charge on any atom is -0.493 e. The molecule has 0 saturated heterocycles. The lowest BCUT2D eigenvalue weighted by Gasteiger charge is -2.12. The average molecular weight is 595 g/mol. The number of methoxy groups -OCH3 is 1. The molecule has 0 amide bonds. The van der Waals surface area contributed by atoms with Gasteiger partial charge in [-0.1, -0.05) is 30.3 Å². The van der Waals surface area contributed by atoms with Gasteiger partial charge in [0.15, 0.2) is 23.9 Å². The van der Waals surface area contributed by atoms with E-state index in [9.17, 15) is 9.59 Å². The van der Waals surface area contributed by atoms with Crippen LogP contribution < -0.4 is 15.0 Å². The van der Waals surface area contributed by atoms with Gasteiger partial charge in [0, 0.05) is 5.39 Å². The van der Waals surface area contributed by atoms with Crippen molar-refractivity contribution in [3.8, 4) is 23.1 Å². The number of fused-ring (bicyclic) bond motifs is 2. The van der Waals surface area contributed by atoms with Gasteiger partial charge in [-0.3, -0.25) is 4.79 Å². The van der Waals surface area contributed by atoms with E-state index in [0.717, 1.165) is 5.39 Å². The highest BCUT2D eigenvalue weighted by atomic mass is 127. The Hall–Kier alpha value is -4.19. The Morgan fingerprint density at radius 2 is 1.94 bits per heavy atom. The number of aromatic nitrogens is 2. The topological polar surface area (TPSA) is 116 Å². The number of hydrogen-bond donors (Lipinski definition) is 1. The summed E-state index contributed by atoms with van der Waals surface area (Å²) in [4.78, 5) is 29.0. The zero-order valence-electron chi connectivity index (χ0n) is 18.8. The first-order valence-corrected chi connectivity index (χ1v) is 11.8. The van der Waals surface area contributed by atoms with Crippen molar-refractivity contribution in [1.82, 2.24) is 9.66 Å². The second-order valence-electron chi connectivity index (χ2n) is 7.68. The van der Waals surface area contributed by atoms with Crippen LogP contribution in [-0.4, -0.2) is 40.7 Å². The molecule has 5 rings (SSSR count). The van der Waals surface area contributed by atoms with Crippen LogP contribution in [0.3, 0.4) is 0 Å². The van der Waals surface area contributed by atoms with Crippen molar-refractivity contribution < 1.29 is 23.8 Å². The molecule has 0 unspecified atom stereocenters. The number of benzene rings is 3. The molecule has 5 aromatic rings. The second-order valence-corrected chi connectivity index (χ2v) is 8.84. The molecule has 9 nitrogen and oxygen atoms in total. The van der Waals surface area contributed by atoms with E-state index >= 15 is 0 Å². The highest BCUT2D eigenvalue weighted by Crippen LogP contribution is 2.33. The van der Waals surface area contributed by atoms with Crippen LogP contribution in [0.1, 0.15) is 5.56 Å². The zero-order valence-corrected chi connectivity index (χ0v) is 21.0. The van der Waals surface area contributed by atoms with E-state index in [4.69, 9.17) is 19.0 Å². The summed E-state index contributed by atoms with van der Waals surface area (Å²) in [5.74, 6) is 0.214. The smallest absolute Gasteiger partial charge is 0.341 e. The lowest BCUT2D eigenvalue weighted by Crippen LogP contribution is -2.20. The number of aliphatic carboxylic acids is 1. The normalized spacial score (nSPS) is 11.4. The highest BCUT2D eigenvalue weighted by molar-refractivity contribution is 14.1. The van der Waals surface area contributed by atoms with Crippen molar-refractivity contribution >= 4 is 56.6 Å². The molecule has 10 heteroatoms. The number of furan rings is 1. The standard InChI is InChI=1S/C26H18IN3O6/c1-34-21-11-15(10-18(27)24(21)35-14-23(31)32)13-28-30-25(22-12-16-6-2-5-9-20(16)36-22)29-19-8-4-3-7-17(19)26(30)33/h2-13H,14H2,1H3,(H,31,32). The number of halogens is 1. The Bertz CT molecular complexity index is 1670. The lowest BCUT2D eigenvalue weighted by atomic mass is 10.2. The number of nitrogens with zero attached hydrogens (tertiary/aromatic N) is 3. The van der Waals surface area contributed by atoms with E-state index in [2.05, 4.69) is 10.1 Å². The van der Waals surface area contributed by atoms with Gasteiger partial charge in [-0.15, -0.1) is 0 Å². The van der Waals surface area contributed by atoms with Crippen molar-refractivity contribution in [3.05, 3.63) is 86.2 Å². The van der Waals surface area contributed by atoms with Gasteiger partial charge in [0.25, 0.3) is 5.56 Å². The van der Waals surface area contributed by atoms with E-state index in [-0.39, 0.29) is 11.4 Å². The Kier molecular flexibility index (Phi) is 6.42. The molecule has 0 aliphatic rings. The number of hydrogen-bond acceptors (Lipinski definition) is 7. The summed E-state index contributed by atoms with van der Waals surface area (Å²) >= 11 is 2.02. The van der Waals surface area contributed by atoms with Crippen LogP contribution in [-0.2, 0) is 4.79 Å². The molecule has 36 heavy (non-hydrogen) atoms. The maximum absolute atomic E-state index is 13.4. The van der Waals surface area contributed by atoms with Crippen molar-refractivity contribution in [3.63, 3.8) is 0 Å². The van der Waals surface area contributed by atoms with E-state index in [1.54, 1.807) is 30.3 Å². The van der Waals surface area contributed by atoms with E-state index in [0.29, 0.717) is 42.9 Å². The van der Waals surface area contributed by atoms with Gasteiger partial charge >= 0.3 is 5.97 Å². The first kappa shape index (κ1) is 23.5. The SMILES string of the molecule is COc1cc(C=Nn2c(-c3cc4ccccc4o3)nc3ccccc3c2=O)cc(I)c1OCC(=O)O. The van der Waals surface area contributed by atoms with Crippen molar-refractivity contribution in [2.45, 2.75) is 0 Å². The van der Waals surface area contributed by atoms with Gasteiger partial charge in [0.1, 0.15) is 5.58 Å². The van der Waals surface area contributed by atoms with E-state index in [1.807, 2.05) is 59.0 Å². The number of carboxylic acids is 1.